The molecule has 3 aromatic rings. The van der Waals surface area contributed by atoms with Crippen molar-refractivity contribution in [1.29, 1.82) is 0 Å². The zero-order valence-corrected chi connectivity index (χ0v) is 23.0. The van der Waals surface area contributed by atoms with Gasteiger partial charge in [-0.25, -0.2) is 0 Å². The number of rotatable bonds is 13. The molecule has 0 fully saturated rings. The Morgan fingerprint density at radius 1 is 0.838 bits per heavy atom. The van der Waals surface area contributed by atoms with Crippen LogP contribution in [0.5, 0.6) is 5.75 Å². The number of hydrogen-bond donors (Lipinski definition) is 2. The van der Waals surface area contributed by atoms with E-state index < -0.39 is 0 Å². The third kappa shape index (κ3) is 8.89. The Morgan fingerprint density at radius 2 is 1.59 bits per heavy atom. The first kappa shape index (κ1) is 28.2. The Hall–Kier alpha value is -3.40. The summed E-state index contributed by atoms with van der Waals surface area (Å²) in [5.74, 6) is -0.113. The van der Waals surface area contributed by atoms with E-state index in [1.807, 2.05) is 48.5 Å². The molecule has 0 radical (unpaired) electrons. The van der Waals surface area contributed by atoms with Crippen molar-refractivity contribution >= 4 is 46.1 Å². The number of carbonyl (C=O) groups is 3. The lowest BCUT2D eigenvalue weighted by Crippen LogP contribution is -2.23. The molecule has 0 aliphatic rings. The first-order valence-electron chi connectivity index (χ1n) is 12.3. The lowest BCUT2D eigenvalue weighted by atomic mass is 10.1. The minimum Gasteiger partial charge on any atom is -0.491 e. The van der Waals surface area contributed by atoms with E-state index in [0.717, 1.165) is 22.0 Å². The van der Waals surface area contributed by atoms with E-state index >= 15 is 0 Å². The van der Waals surface area contributed by atoms with Gasteiger partial charge in [-0.2, -0.15) is 0 Å². The minimum absolute atomic E-state index is 0.191. The van der Waals surface area contributed by atoms with Crippen molar-refractivity contribution in [3.05, 3.63) is 93.1 Å². The fourth-order valence-electron chi connectivity index (χ4n) is 3.65. The molecular weight excluding hydrogens is 583 g/mol. The van der Waals surface area contributed by atoms with Gasteiger partial charge in [0, 0.05) is 27.7 Å². The van der Waals surface area contributed by atoms with Gasteiger partial charge in [0.15, 0.2) is 0 Å². The molecule has 0 aliphatic carbocycles. The van der Waals surface area contributed by atoms with Crippen molar-refractivity contribution in [2.45, 2.75) is 39.2 Å². The Bertz CT molecular complexity index is 1200. The van der Waals surface area contributed by atoms with Crippen molar-refractivity contribution in [2.75, 3.05) is 18.5 Å². The highest BCUT2D eigenvalue weighted by molar-refractivity contribution is 14.1. The average molecular weight is 614 g/mol. The van der Waals surface area contributed by atoms with Crippen LogP contribution in [0.1, 0.15) is 58.9 Å². The molecule has 0 aromatic heterocycles. The van der Waals surface area contributed by atoms with E-state index in [9.17, 15) is 14.4 Å². The number of unbranched alkanes of at least 4 members (excludes halogenated alkanes) is 2. The molecule has 0 heterocycles. The van der Waals surface area contributed by atoms with Crippen LogP contribution in [0.15, 0.2) is 72.8 Å². The van der Waals surface area contributed by atoms with Crippen molar-refractivity contribution in [1.82, 2.24) is 5.32 Å². The second-order valence-electron chi connectivity index (χ2n) is 8.24. The summed E-state index contributed by atoms with van der Waals surface area (Å²) in [4.78, 5) is 37.1. The van der Waals surface area contributed by atoms with Crippen molar-refractivity contribution in [3.8, 4) is 5.75 Å². The largest absolute Gasteiger partial charge is 0.491 e. The third-order valence-electron chi connectivity index (χ3n) is 5.52. The first-order valence-corrected chi connectivity index (χ1v) is 13.4. The molecule has 0 bridgehead atoms. The standard InChI is InChI=1S/C29H31IN2O5/c1-2-36-26(33)18-7-4-10-19-37-27-22(20-31-28(34)21-12-5-3-6-13-21)14-11-17-25(27)32-29(35)23-15-8-9-16-24(23)30/h3,5-6,8-9,11-17H,2,4,7,10,18-20H2,1H3,(H,31,34)(H,32,35). The lowest BCUT2D eigenvalue weighted by Gasteiger charge is -2.17. The van der Waals surface area contributed by atoms with Crippen LogP contribution in [0.2, 0.25) is 0 Å². The normalized spacial score (nSPS) is 10.4. The van der Waals surface area contributed by atoms with Crippen molar-refractivity contribution in [2.24, 2.45) is 0 Å². The van der Waals surface area contributed by atoms with Crippen molar-refractivity contribution in [3.63, 3.8) is 0 Å². The molecule has 2 amide bonds. The number of carbonyl (C=O) groups excluding carboxylic acids is 3. The van der Waals surface area contributed by atoms with Crippen LogP contribution in [-0.2, 0) is 16.1 Å². The van der Waals surface area contributed by atoms with Crippen LogP contribution in [0.4, 0.5) is 5.69 Å². The van der Waals surface area contributed by atoms with Gasteiger partial charge in [0.2, 0.25) is 0 Å². The summed E-state index contributed by atoms with van der Waals surface area (Å²) in [6, 6.07) is 21.8. The highest BCUT2D eigenvalue weighted by Crippen LogP contribution is 2.30. The summed E-state index contributed by atoms with van der Waals surface area (Å²) in [5.41, 5.74) is 2.41. The van der Waals surface area contributed by atoms with E-state index in [0.29, 0.717) is 48.6 Å². The van der Waals surface area contributed by atoms with E-state index in [2.05, 4.69) is 33.2 Å². The number of anilines is 1. The quantitative estimate of drug-likeness (QED) is 0.141. The monoisotopic (exact) mass is 614 g/mol. The molecular formula is C29H31IN2O5. The summed E-state index contributed by atoms with van der Waals surface area (Å²) in [6.45, 7) is 2.81. The number of nitrogens with one attached hydrogen (secondary N) is 2. The van der Waals surface area contributed by atoms with Crippen LogP contribution in [0.25, 0.3) is 0 Å². The molecule has 8 heteroatoms. The fourth-order valence-corrected chi connectivity index (χ4v) is 4.28. The number of benzene rings is 3. The molecule has 0 spiro atoms. The molecule has 37 heavy (non-hydrogen) atoms. The highest BCUT2D eigenvalue weighted by atomic mass is 127. The van der Waals surface area contributed by atoms with Crippen molar-refractivity contribution < 1.29 is 23.9 Å². The summed E-state index contributed by atoms with van der Waals surface area (Å²) in [5, 5.41) is 5.89. The predicted molar refractivity (Wildman–Crippen MR) is 152 cm³/mol. The number of hydrogen-bond acceptors (Lipinski definition) is 5. The highest BCUT2D eigenvalue weighted by Gasteiger charge is 2.16. The van der Waals surface area contributed by atoms with Gasteiger partial charge in [-0.3, -0.25) is 14.4 Å². The maximum atomic E-state index is 13.0. The lowest BCUT2D eigenvalue weighted by molar-refractivity contribution is -0.143. The topological polar surface area (TPSA) is 93.7 Å². The molecule has 3 aromatic carbocycles. The van der Waals surface area contributed by atoms with Gasteiger partial charge in [0.25, 0.3) is 11.8 Å². The Kier molecular flexibility index (Phi) is 11.4. The second kappa shape index (κ2) is 15.0. The fraction of sp³-hybridized carbons (Fsp3) is 0.276. The minimum atomic E-state index is -0.241. The van der Waals surface area contributed by atoms with E-state index in [1.165, 1.54) is 0 Å². The van der Waals surface area contributed by atoms with Gasteiger partial charge in [-0.05, 0) is 79.1 Å². The second-order valence-corrected chi connectivity index (χ2v) is 9.40. The van der Waals surface area contributed by atoms with Crippen LogP contribution < -0.4 is 15.4 Å². The molecule has 7 nitrogen and oxygen atoms in total. The zero-order valence-electron chi connectivity index (χ0n) is 20.8. The molecule has 0 saturated carbocycles. The van der Waals surface area contributed by atoms with E-state index in [-0.39, 0.29) is 24.3 Å². The Morgan fingerprint density at radius 3 is 2.35 bits per heavy atom. The molecule has 194 valence electrons. The molecule has 2 N–H and O–H groups in total. The first-order chi connectivity index (χ1) is 18.0. The molecule has 3 rings (SSSR count). The van der Waals surface area contributed by atoms with Gasteiger partial charge in [0.05, 0.1) is 24.5 Å². The van der Waals surface area contributed by atoms with Gasteiger partial charge in [0.1, 0.15) is 5.75 Å². The summed E-state index contributed by atoms with van der Waals surface area (Å²) in [6.07, 6.45) is 2.63. The molecule has 0 unspecified atom stereocenters. The predicted octanol–water partition coefficient (Wildman–Crippen LogP) is 5.98. The van der Waals surface area contributed by atoms with Crippen LogP contribution in [-0.4, -0.2) is 31.0 Å². The SMILES string of the molecule is CCOC(=O)CCCCCOc1c(CNC(=O)c2ccccc2)cccc1NC(=O)c1ccccc1I. The van der Waals surface area contributed by atoms with Gasteiger partial charge >= 0.3 is 5.97 Å². The van der Waals surface area contributed by atoms with Gasteiger partial charge in [-0.15, -0.1) is 0 Å². The summed E-state index contributed by atoms with van der Waals surface area (Å²) in [7, 11) is 0. The third-order valence-corrected chi connectivity index (χ3v) is 6.46. The maximum absolute atomic E-state index is 13.0. The maximum Gasteiger partial charge on any atom is 0.305 e. The van der Waals surface area contributed by atoms with Crippen LogP contribution >= 0.6 is 22.6 Å². The number of halogens is 1. The van der Waals surface area contributed by atoms with Gasteiger partial charge < -0.3 is 20.1 Å². The van der Waals surface area contributed by atoms with Gasteiger partial charge in [-0.1, -0.05) is 42.5 Å². The van der Waals surface area contributed by atoms with E-state index in [4.69, 9.17) is 9.47 Å². The van der Waals surface area contributed by atoms with Crippen LogP contribution in [0, 0.1) is 3.57 Å². The van der Waals surface area contributed by atoms with E-state index in [1.54, 1.807) is 31.2 Å². The molecule has 0 aliphatic heterocycles. The number of para-hydroxylation sites is 1. The number of esters is 1. The molecule has 0 saturated heterocycles. The average Bonchev–Trinajstić information content (AvgIpc) is 2.91. The number of amides is 2. The Balaban J connectivity index is 1.70. The summed E-state index contributed by atoms with van der Waals surface area (Å²) >= 11 is 2.13. The summed E-state index contributed by atoms with van der Waals surface area (Å²) < 4.78 is 11.9. The van der Waals surface area contributed by atoms with Crippen LogP contribution in [0.3, 0.4) is 0 Å². The number of ether oxygens (including phenoxy) is 2. The smallest absolute Gasteiger partial charge is 0.305 e. The molecule has 0 atom stereocenters. The Labute approximate surface area is 231 Å². The zero-order chi connectivity index (χ0) is 26.5.